The van der Waals surface area contributed by atoms with Crippen molar-refractivity contribution >= 4 is 135 Å². The Kier molecular flexibility index (Phi) is 40.5. The summed E-state index contributed by atoms with van der Waals surface area (Å²) >= 11 is 1.43. The lowest BCUT2D eigenvalue weighted by Crippen LogP contribution is -2.61. The SMILES string of the molecule is CSCC[C@H](NC(=O)[C@H](CC(C)C)NC(=O)[C@H](Cc1cnc[nH]1)NC(=O)CNC(=O)[C@@H](NC(=O)[C@H](C)NC(=O)[C@H](Cc1c[nH]c2ccccc12)NC(=O)[C@H](CCC(N)=O)NC(=O)[C@H](CC(N)=O)NC(=O)[C@H](Cc1ccc(O)cc1)NC(=O)[C@H](CC(C)C)NC(=O)[C@H](CCCNC(=N)N)NC(=O)[C@H](CCC(N)=O)NC(=O)[C@@H]1CCC(=O)N1)C(C)C)C(N)=O. The zero-order chi connectivity index (χ0) is 90.6. The number of fused-ring (bicyclic) bond motifs is 1. The summed E-state index contributed by atoms with van der Waals surface area (Å²) in [6.45, 7) is 10.7. The van der Waals surface area contributed by atoms with E-state index < -0.39 is 235 Å². The lowest BCUT2D eigenvalue weighted by molar-refractivity contribution is -0.137. The van der Waals surface area contributed by atoms with Crippen LogP contribution in [0.1, 0.15) is 142 Å². The van der Waals surface area contributed by atoms with Gasteiger partial charge in [0.15, 0.2) is 5.96 Å². The third-order valence-corrected chi connectivity index (χ3v) is 20.0. The summed E-state index contributed by atoms with van der Waals surface area (Å²) in [6, 6.07) is -7.02. The molecule has 0 bridgehead atoms. The van der Waals surface area contributed by atoms with E-state index in [1.165, 1.54) is 55.5 Å². The number of benzene rings is 2. The van der Waals surface area contributed by atoms with Crippen LogP contribution in [-0.4, -0.2) is 236 Å². The van der Waals surface area contributed by atoms with E-state index in [4.69, 9.17) is 34.1 Å². The number of nitrogens with zero attached hydrogens (tertiary/aromatic N) is 1. The number of aromatic hydroxyl groups is 1. The summed E-state index contributed by atoms with van der Waals surface area (Å²) in [6.07, 6.45) is 2.53. The number of hydrogen-bond acceptors (Lipinski definition) is 22. The first-order valence-electron chi connectivity index (χ1n) is 39.8. The number of carbonyl (C=O) groups excluding carboxylic acids is 18. The van der Waals surface area contributed by atoms with Crippen LogP contribution >= 0.6 is 11.8 Å². The maximum absolute atomic E-state index is 14.9. The van der Waals surface area contributed by atoms with Crippen molar-refractivity contribution in [1.29, 1.82) is 5.41 Å². The number of H-pyrrole nitrogens is 2. The normalized spacial score (nSPS) is 15.3. The molecule has 43 nitrogen and oxygen atoms in total. The monoisotopic (exact) mass is 1720 g/mol. The maximum Gasteiger partial charge on any atom is 0.243 e. The molecule has 0 aliphatic carbocycles. The number of rotatable bonds is 53. The predicted octanol–water partition coefficient (Wildman–Crippen LogP) is -5.49. The van der Waals surface area contributed by atoms with Crippen LogP contribution in [0.25, 0.3) is 10.9 Å². The Bertz CT molecular complexity index is 4350. The number of nitrogens with one attached hydrogen (secondary N) is 18. The molecule has 1 saturated heterocycles. The molecule has 2 aromatic carbocycles. The molecule has 1 aliphatic heterocycles. The molecule has 2 aromatic heterocycles. The molecule has 4 aromatic rings. The number of aromatic amines is 2. The highest BCUT2D eigenvalue weighted by atomic mass is 32.2. The average molecular weight is 1730 g/mol. The third-order valence-electron chi connectivity index (χ3n) is 19.3. The molecule has 0 radical (unpaired) electrons. The number of nitrogens with two attached hydrogens (primary N) is 5. The summed E-state index contributed by atoms with van der Waals surface area (Å²) in [5.41, 5.74) is 29.5. The molecule has 3 heterocycles. The standard InChI is InChI=1S/C78H116N24O19S/c1-38(2)28-53(72(116)93-48(65(82)109)25-27-122-8)98-75(119)57(32-44-35-85-37-89-44)92-63(108)36-88-77(121)64(40(5)6)102-66(110)41(7)90-71(115)56(31-43-34-87-47-13-10-9-12-46(43)47)100-70(114)52(20-23-60(80)105)96-76(120)58(33-61(81)106)101-74(118)55(30-42-15-17-45(103)18-16-42)99-73(117)54(29-39(3)4)97-67(111)49(14-11-26-86-78(83)84)94-69(113)51(19-22-59(79)104)95-68(112)50-21-24-62(107)91-50/h9-10,12-13,15-18,34-35,37-41,48-58,64,87,103H,11,14,19-33,36H2,1-8H3,(H2,79,104)(H2,80,105)(H2,81,106)(H2,82,109)(H,85,89)(H,88,121)(H,90,115)(H,91,107)(H,92,108)(H,93,116)(H,94,113)(H,95,112)(H,96,120)(H,97,111)(H,98,119)(H,99,117)(H,100,114)(H,101,118)(H,102,110)(H4,83,84,86)/t41-,48-,49-,50-,51-,52-,53-,54-,55-,56-,57-,58-,64-/m0/s1. The number of aromatic nitrogens is 3. The van der Waals surface area contributed by atoms with Crippen molar-refractivity contribution in [3.05, 3.63) is 84.1 Å². The highest BCUT2D eigenvalue weighted by Crippen LogP contribution is 2.21. The topological polar surface area (TPSA) is 706 Å². The lowest BCUT2D eigenvalue weighted by atomic mass is 9.99. The highest BCUT2D eigenvalue weighted by molar-refractivity contribution is 7.98. The van der Waals surface area contributed by atoms with Gasteiger partial charge in [-0.3, -0.25) is 91.7 Å². The Hall–Kier alpha value is -12.9. The second-order valence-corrected chi connectivity index (χ2v) is 31.8. The molecule has 44 heteroatoms. The Morgan fingerprint density at radius 3 is 1.54 bits per heavy atom. The summed E-state index contributed by atoms with van der Waals surface area (Å²) in [5, 5.41) is 56.5. The van der Waals surface area contributed by atoms with Gasteiger partial charge in [-0.15, -0.1) is 0 Å². The van der Waals surface area contributed by atoms with Gasteiger partial charge >= 0.3 is 0 Å². The van der Waals surface area contributed by atoms with Crippen molar-refractivity contribution in [2.45, 2.75) is 223 Å². The first-order valence-corrected chi connectivity index (χ1v) is 41.2. The third kappa shape index (κ3) is 34.4. The quantitative estimate of drug-likeness (QED) is 0.0111. The average Bonchev–Trinajstić information content (AvgIpc) is 1.66. The number of para-hydroxylation sites is 1. The van der Waals surface area contributed by atoms with Crippen LogP contribution in [0.2, 0.25) is 0 Å². The van der Waals surface area contributed by atoms with E-state index in [9.17, 15) is 91.4 Å². The fourth-order valence-electron chi connectivity index (χ4n) is 12.9. The maximum atomic E-state index is 14.9. The molecule has 5 rings (SSSR count). The first-order chi connectivity index (χ1) is 57.6. The van der Waals surface area contributed by atoms with Crippen molar-refractivity contribution in [3.63, 3.8) is 0 Å². The molecule has 122 heavy (non-hydrogen) atoms. The van der Waals surface area contributed by atoms with Gasteiger partial charge in [0.25, 0.3) is 0 Å². The van der Waals surface area contributed by atoms with Gasteiger partial charge in [0.1, 0.15) is 84.3 Å². The van der Waals surface area contributed by atoms with Gasteiger partial charge in [0.05, 0.1) is 19.3 Å². The number of guanidine groups is 1. The van der Waals surface area contributed by atoms with Crippen LogP contribution in [0.5, 0.6) is 5.75 Å². The Morgan fingerprint density at radius 1 is 0.525 bits per heavy atom. The molecule has 0 unspecified atom stereocenters. The van der Waals surface area contributed by atoms with Gasteiger partial charge in [-0.1, -0.05) is 71.9 Å². The smallest absolute Gasteiger partial charge is 0.243 e. The number of hydrogen-bond donors (Lipinski definition) is 24. The minimum absolute atomic E-state index is 0.00932. The van der Waals surface area contributed by atoms with Crippen LogP contribution in [-0.2, 0) is 106 Å². The molecule has 1 aliphatic rings. The molecule has 668 valence electrons. The molecule has 13 atom stereocenters. The summed E-state index contributed by atoms with van der Waals surface area (Å²) in [7, 11) is 0. The van der Waals surface area contributed by atoms with Crippen LogP contribution in [0.3, 0.4) is 0 Å². The van der Waals surface area contributed by atoms with Crippen LogP contribution in [0.4, 0.5) is 0 Å². The summed E-state index contributed by atoms with van der Waals surface area (Å²) in [5.74, 6) is -18.0. The lowest BCUT2D eigenvalue weighted by Gasteiger charge is -2.28. The number of thioether (sulfide) groups is 1. The number of phenols is 1. The van der Waals surface area contributed by atoms with Crippen molar-refractivity contribution in [1.82, 2.24) is 94.7 Å². The highest BCUT2D eigenvalue weighted by Gasteiger charge is 2.39. The molecule has 1 fully saturated rings. The molecular weight excluding hydrogens is 1610 g/mol. The number of carbonyl (C=O) groups is 18. The van der Waals surface area contributed by atoms with Crippen molar-refractivity contribution in [2.75, 3.05) is 25.1 Å². The van der Waals surface area contributed by atoms with Crippen LogP contribution < -0.4 is 108 Å². The van der Waals surface area contributed by atoms with Crippen LogP contribution in [0, 0.1) is 23.2 Å². The minimum atomic E-state index is -2.00. The number of primary amides is 4. The first kappa shape index (κ1) is 99.6. The van der Waals surface area contributed by atoms with Gasteiger partial charge in [-0.2, -0.15) is 11.8 Å². The van der Waals surface area contributed by atoms with E-state index >= 15 is 0 Å². The fraction of sp³-hybridized carbons (Fsp3) is 0.538. The van der Waals surface area contributed by atoms with E-state index in [2.05, 4.69) is 94.7 Å². The van der Waals surface area contributed by atoms with Crippen molar-refractivity contribution in [3.8, 4) is 5.75 Å². The molecular formula is C78H116N24O19S. The number of amides is 18. The Labute approximate surface area is 708 Å². The summed E-state index contributed by atoms with van der Waals surface area (Å²) in [4.78, 5) is 257. The van der Waals surface area contributed by atoms with Gasteiger partial charge in [-0.05, 0) is 117 Å². The van der Waals surface area contributed by atoms with Gasteiger partial charge < -0.3 is 123 Å². The predicted molar refractivity (Wildman–Crippen MR) is 445 cm³/mol. The Morgan fingerprint density at radius 2 is 1.02 bits per heavy atom. The number of imidazole rings is 1. The van der Waals surface area contributed by atoms with Crippen molar-refractivity contribution in [2.24, 2.45) is 46.4 Å². The van der Waals surface area contributed by atoms with Gasteiger partial charge in [0, 0.05) is 74.1 Å². The van der Waals surface area contributed by atoms with Crippen molar-refractivity contribution < 1.29 is 91.4 Å². The van der Waals surface area contributed by atoms with E-state index in [-0.39, 0.29) is 88.3 Å². The molecule has 0 spiro atoms. The second-order valence-electron chi connectivity index (χ2n) is 30.8. The largest absolute Gasteiger partial charge is 0.508 e. The van der Waals surface area contributed by atoms with E-state index in [0.717, 1.165) is 0 Å². The Balaban J connectivity index is 1.37. The van der Waals surface area contributed by atoms with Gasteiger partial charge in [-0.25, -0.2) is 4.98 Å². The molecule has 18 amide bonds. The summed E-state index contributed by atoms with van der Waals surface area (Å²) < 4.78 is 0. The second kappa shape index (κ2) is 49.6. The zero-order valence-corrected chi connectivity index (χ0v) is 70.2. The number of phenolic OH excluding ortho intramolecular Hbond substituents is 1. The van der Waals surface area contributed by atoms with E-state index in [1.54, 1.807) is 58.2 Å². The fourth-order valence-corrected chi connectivity index (χ4v) is 13.3. The molecule has 29 N–H and O–H groups in total. The van der Waals surface area contributed by atoms with E-state index in [0.29, 0.717) is 33.5 Å². The minimum Gasteiger partial charge on any atom is -0.508 e. The molecule has 0 saturated carbocycles. The zero-order valence-electron chi connectivity index (χ0n) is 69.4. The van der Waals surface area contributed by atoms with E-state index in [1.807, 2.05) is 20.1 Å². The van der Waals surface area contributed by atoms with Gasteiger partial charge in [0.2, 0.25) is 106 Å². The van der Waals surface area contributed by atoms with Crippen LogP contribution in [0.15, 0.2) is 67.3 Å².